The van der Waals surface area contributed by atoms with E-state index in [0.717, 1.165) is 24.9 Å². The third kappa shape index (κ3) is 3.10. The maximum Gasteiger partial charge on any atom is 0.241 e. The Labute approximate surface area is 149 Å². The third-order valence-corrected chi connectivity index (χ3v) is 7.75. The Morgan fingerprint density at radius 2 is 1.68 bits per heavy atom. The molecule has 6 heteroatoms. The Kier molecular flexibility index (Phi) is 4.36. The van der Waals surface area contributed by atoms with Crippen molar-refractivity contribution in [2.45, 2.75) is 57.2 Å². The molecule has 0 bridgehead atoms. The summed E-state index contributed by atoms with van der Waals surface area (Å²) in [7, 11) is -3.10. The van der Waals surface area contributed by atoms with Crippen molar-refractivity contribution in [2.24, 2.45) is 0 Å². The fourth-order valence-electron chi connectivity index (χ4n) is 4.77. The average Bonchev–Trinajstić information content (AvgIpc) is 3.21. The molecule has 0 radical (unpaired) electrons. The molecule has 0 spiro atoms. The molecule has 2 atom stereocenters. The van der Waals surface area contributed by atoms with Gasteiger partial charge in [-0.1, -0.05) is 31.9 Å². The quantitative estimate of drug-likeness (QED) is 0.825. The lowest BCUT2D eigenvalue weighted by atomic mass is 9.99. The highest BCUT2D eigenvalue weighted by molar-refractivity contribution is 7.91. The molecule has 3 aliphatic rings. The van der Waals surface area contributed by atoms with E-state index in [4.69, 9.17) is 0 Å². The van der Waals surface area contributed by atoms with Crippen LogP contribution in [-0.2, 0) is 21.1 Å². The SMILES string of the molecule is CCc1ccc(N2C(=O)CN(C3CCCC3)[C@H]3CS(=O)(=O)C[C@H]32)cc1. The number of hydrogen-bond acceptors (Lipinski definition) is 4. The van der Waals surface area contributed by atoms with E-state index < -0.39 is 9.84 Å². The number of carbonyl (C=O) groups is 1. The number of aryl methyl sites for hydroxylation is 1. The first-order chi connectivity index (χ1) is 12.0. The minimum Gasteiger partial charge on any atom is -0.306 e. The van der Waals surface area contributed by atoms with Crippen LogP contribution < -0.4 is 4.90 Å². The second-order valence-corrected chi connectivity index (χ2v) is 9.76. The minimum absolute atomic E-state index is 0.0366. The van der Waals surface area contributed by atoms with Crippen molar-refractivity contribution >= 4 is 21.4 Å². The topological polar surface area (TPSA) is 57.7 Å². The fraction of sp³-hybridized carbons (Fsp3) is 0.632. The van der Waals surface area contributed by atoms with Crippen molar-refractivity contribution < 1.29 is 13.2 Å². The van der Waals surface area contributed by atoms with E-state index in [1.807, 2.05) is 24.3 Å². The zero-order valence-corrected chi connectivity index (χ0v) is 15.5. The molecule has 0 N–H and O–H groups in total. The maximum atomic E-state index is 13.0. The highest BCUT2D eigenvalue weighted by atomic mass is 32.2. The number of fused-ring (bicyclic) bond motifs is 1. The maximum absolute atomic E-state index is 13.0. The van der Waals surface area contributed by atoms with Gasteiger partial charge >= 0.3 is 0 Å². The number of benzene rings is 1. The zero-order valence-electron chi connectivity index (χ0n) is 14.7. The lowest BCUT2D eigenvalue weighted by Crippen LogP contribution is -2.64. The van der Waals surface area contributed by atoms with Crippen molar-refractivity contribution in [3.63, 3.8) is 0 Å². The Hall–Kier alpha value is -1.40. The van der Waals surface area contributed by atoms with Gasteiger partial charge in [0.2, 0.25) is 5.91 Å². The van der Waals surface area contributed by atoms with Gasteiger partial charge in [0.1, 0.15) is 0 Å². The van der Waals surface area contributed by atoms with Gasteiger partial charge in [-0.15, -0.1) is 0 Å². The molecule has 25 heavy (non-hydrogen) atoms. The van der Waals surface area contributed by atoms with Gasteiger partial charge in [0, 0.05) is 17.8 Å². The molecule has 1 amide bonds. The predicted molar refractivity (Wildman–Crippen MR) is 98.5 cm³/mol. The van der Waals surface area contributed by atoms with E-state index in [9.17, 15) is 13.2 Å². The molecule has 2 heterocycles. The number of carbonyl (C=O) groups excluding carboxylic acids is 1. The number of nitrogens with zero attached hydrogens (tertiary/aromatic N) is 2. The Balaban J connectivity index is 1.67. The molecule has 3 fully saturated rings. The van der Waals surface area contributed by atoms with E-state index >= 15 is 0 Å². The van der Waals surface area contributed by atoms with Gasteiger partial charge < -0.3 is 4.90 Å². The van der Waals surface area contributed by atoms with Crippen LogP contribution in [0.1, 0.15) is 38.2 Å². The number of anilines is 1. The van der Waals surface area contributed by atoms with Gasteiger partial charge in [-0.25, -0.2) is 8.42 Å². The van der Waals surface area contributed by atoms with Gasteiger partial charge in [-0.05, 0) is 37.0 Å². The van der Waals surface area contributed by atoms with Crippen LogP contribution in [-0.4, -0.2) is 55.4 Å². The van der Waals surface area contributed by atoms with Crippen molar-refractivity contribution in [1.82, 2.24) is 4.90 Å². The van der Waals surface area contributed by atoms with Crippen LogP contribution in [0.2, 0.25) is 0 Å². The molecule has 1 aromatic carbocycles. The summed E-state index contributed by atoms with van der Waals surface area (Å²) in [5.41, 5.74) is 2.05. The summed E-state index contributed by atoms with van der Waals surface area (Å²) in [6.45, 7) is 2.44. The molecule has 0 aromatic heterocycles. The van der Waals surface area contributed by atoms with Crippen LogP contribution >= 0.6 is 0 Å². The van der Waals surface area contributed by atoms with E-state index in [1.54, 1.807) is 4.90 Å². The summed E-state index contributed by atoms with van der Waals surface area (Å²) in [4.78, 5) is 16.9. The molecule has 1 saturated carbocycles. The number of hydrogen-bond donors (Lipinski definition) is 0. The van der Waals surface area contributed by atoms with Gasteiger partial charge in [0.15, 0.2) is 9.84 Å². The van der Waals surface area contributed by atoms with Gasteiger partial charge in [-0.2, -0.15) is 0 Å². The van der Waals surface area contributed by atoms with Crippen molar-refractivity contribution in [2.75, 3.05) is 23.0 Å². The largest absolute Gasteiger partial charge is 0.306 e. The fourth-order valence-corrected chi connectivity index (χ4v) is 6.73. The summed E-state index contributed by atoms with van der Waals surface area (Å²) in [5, 5.41) is 0. The lowest BCUT2D eigenvalue weighted by Gasteiger charge is -2.46. The van der Waals surface area contributed by atoms with Crippen LogP contribution in [0.5, 0.6) is 0 Å². The molecule has 5 nitrogen and oxygen atoms in total. The van der Waals surface area contributed by atoms with Crippen LogP contribution in [0.4, 0.5) is 5.69 Å². The van der Waals surface area contributed by atoms with Crippen molar-refractivity contribution in [1.29, 1.82) is 0 Å². The van der Waals surface area contributed by atoms with E-state index in [0.29, 0.717) is 12.6 Å². The molecular weight excluding hydrogens is 336 g/mol. The first-order valence-electron chi connectivity index (χ1n) is 9.35. The molecule has 0 unspecified atom stereocenters. The molecule has 136 valence electrons. The number of amides is 1. The molecule has 2 saturated heterocycles. The Bertz CT molecular complexity index is 753. The smallest absolute Gasteiger partial charge is 0.241 e. The Morgan fingerprint density at radius 3 is 2.32 bits per heavy atom. The van der Waals surface area contributed by atoms with E-state index in [-0.39, 0.29) is 29.5 Å². The third-order valence-electron chi connectivity index (χ3n) is 6.05. The summed E-state index contributed by atoms with van der Waals surface area (Å²) in [6.07, 6.45) is 5.48. The van der Waals surface area contributed by atoms with E-state index in [1.165, 1.54) is 18.4 Å². The molecule has 2 aliphatic heterocycles. The van der Waals surface area contributed by atoms with E-state index in [2.05, 4.69) is 11.8 Å². The van der Waals surface area contributed by atoms with Gasteiger partial charge in [0.25, 0.3) is 0 Å². The lowest BCUT2D eigenvalue weighted by molar-refractivity contribution is -0.124. The van der Waals surface area contributed by atoms with Crippen molar-refractivity contribution in [3.05, 3.63) is 29.8 Å². The normalized spacial score (nSPS) is 30.0. The van der Waals surface area contributed by atoms with Gasteiger partial charge in [0.05, 0.1) is 24.1 Å². The molecule has 1 aromatic rings. The number of rotatable bonds is 3. The van der Waals surface area contributed by atoms with Crippen LogP contribution in [0, 0.1) is 0 Å². The molecule has 1 aliphatic carbocycles. The highest BCUT2D eigenvalue weighted by Crippen LogP contribution is 2.36. The average molecular weight is 362 g/mol. The summed E-state index contributed by atoms with van der Waals surface area (Å²) in [6, 6.07) is 8.05. The Morgan fingerprint density at radius 1 is 1.04 bits per heavy atom. The second kappa shape index (κ2) is 6.40. The highest BCUT2D eigenvalue weighted by Gasteiger charge is 2.51. The summed E-state index contributed by atoms with van der Waals surface area (Å²) in [5.74, 6) is 0.308. The number of piperazine rings is 1. The van der Waals surface area contributed by atoms with Crippen LogP contribution in [0.3, 0.4) is 0 Å². The van der Waals surface area contributed by atoms with Gasteiger partial charge in [-0.3, -0.25) is 9.69 Å². The summed E-state index contributed by atoms with van der Waals surface area (Å²) < 4.78 is 24.8. The number of sulfone groups is 1. The predicted octanol–water partition coefficient (Wildman–Crippen LogP) is 2.01. The molecular formula is C19H26N2O3S. The summed E-state index contributed by atoms with van der Waals surface area (Å²) >= 11 is 0. The second-order valence-electron chi connectivity index (χ2n) is 7.61. The standard InChI is InChI=1S/C19H26N2O3S/c1-2-14-7-9-16(10-8-14)21-18-13-25(23,24)12-17(18)20(11-19(21)22)15-5-3-4-6-15/h7-10,15,17-18H,2-6,11-13H2,1H3/t17-,18+/m0/s1. The monoisotopic (exact) mass is 362 g/mol. The van der Waals surface area contributed by atoms with Crippen molar-refractivity contribution in [3.8, 4) is 0 Å². The first kappa shape index (κ1) is 17.0. The minimum atomic E-state index is -3.10. The van der Waals surface area contributed by atoms with Crippen LogP contribution in [0.25, 0.3) is 0 Å². The first-order valence-corrected chi connectivity index (χ1v) is 11.2. The molecule has 4 rings (SSSR count). The zero-order chi connectivity index (χ0) is 17.6. The van der Waals surface area contributed by atoms with Crippen LogP contribution in [0.15, 0.2) is 24.3 Å².